The Kier molecular flexibility index (Phi) is 5.96. The second-order valence-electron chi connectivity index (χ2n) is 6.06. The summed E-state index contributed by atoms with van der Waals surface area (Å²) in [6.45, 7) is 6.68. The van der Waals surface area contributed by atoms with Crippen LogP contribution in [-0.4, -0.2) is 28.8 Å². The summed E-state index contributed by atoms with van der Waals surface area (Å²) >= 11 is 1.63. The molecule has 118 valence electrons. The number of hydrogen-bond donors (Lipinski definition) is 1. The lowest BCUT2D eigenvalue weighted by Gasteiger charge is -2.28. The molecular weight excluding hydrogens is 286 g/mol. The van der Waals surface area contributed by atoms with E-state index >= 15 is 0 Å². The maximum Gasteiger partial charge on any atom is 0.308 e. The number of anilines is 1. The maximum absolute atomic E-state index is 11.8. The van der Waals surface area contributed by atoms with Crippen molar-refractivity contribution < 1.29 is 9.53 Å². The van der Waals surface area contributed by atoms with Gasteiger partial charge in [-0.1, -0.05) is 31.6 Å². The molecule has 0 aliphatic heterocycles. The maximum atomic E-state index is 11.8. The van der Waals surface area contributed by atoms with E-state index in [0.29, 0.717) is 18.6 Å². The second kappa shape index (κ2) is 7.73. The minimum Gasteiger partial charge on any atom is -0.466 e. The molecule has 6 heteroatoms. The first-order valence-electron chi connectivity index (χ1n) is 7.84. The van der Waals surface area contributed by atoms with E-state index in [9.17, 15) is 4.79 Å². The predicted octanol–water partition coefficient (Wildman–Crippen LogP) is 3.27. The monoisotopic (exact) mass is 311 g/mol. The molecule has 2 atom stereocenters. The third-order valence-electron chi connectivity index (χ3n) is 3.67. The van der Waals surface area contributed by atoms with Crippen LogP contribution in [0.15, 0.2) is 0 Å². The van der Waals surface area contributed by atoms with Crippen LogP contribution in [0.1, 0.15) is 51.5 Å². The molecule has 1 fully saturated rings. The molecule has 0 bridgehead atoms. The van der Waals surface area contributed by atoms with Crippen molar-refractivity contribution in [3.63, 3.8) is 0 Å². The molecular formula is C15H25N3O2S. The van der Waals surface area contributed by atoms with E-state index in [2.05, 4.69) is 29.4 Å². The largest absolute Gasteiger partial charge is 0.466 e. The zero-order chi connectivity index (χ0) is 15.2. The molecule has 0 amide bonds. The summed E-state index contributed by atoms with van der Waals surface area (Å²) in [6.07, 6.45) is 4.87. The van der Waals surface area contributed by atoms with Crippen LogP contribution < -0.4 is 5.32 Å². The molecule has 1 aliphatic carbocycles. The van der Waals surface area contributed by atoms with Crippen LogP contribution in [0, 0.1) is 11.8 Å². The lowest BCUT2D eigenvalue weighted by atomic mass is 9.86. The van der Waals surface area contributed by atoms with Crippen molar-refractivity contribution in [2.24, 2.45) is 11.8 Å². The van der Waals surface area contributed by atoms with Crippen molar-refractivity contribution in [1.82, 2.24) is 10.2 Å². The molecule has 1 aromatic rings. The fraction of sp³-hybridized carbons (Fsp3) is 0.800. The van der Waals surface area contributed by atoms with Crippen LogP contribution in [0.4, 0.5) is 5.13 Å². The van der Waals surface area contributed by atoms with Crippen molar-refractivity contribution in [2.45, 2.75) is 58.9 Å². The standard InChI is InChI=1S/C15H25N3O2S/c1-4-20-14(19)11-6-5-7-12(9-11)16-15-18-17-13(21-15)8-10(2)3/h10-12H,4-9H2,1-3H3,(H,16,18). The zero-order valence-electron chi connectivity index (χ0n) is 13.1. The molecule has 2 unspecified atom stereocenters. The first kappa shape index (κ1) is 16.2. The molecule has 0 saturated heterocycles. The minimum atomic E-state index is -0.0539. The van der Waals surface area contributed by atoms with Gasteiger partial charge < -0.3 is 10.1 Å². The Morgan fingerprint density at radius 3 is 2.95 bits per heavy atom. The molecule has 1 heterocycles. The van der Waals surface area contributed by atoms with E-state index in [1.54, 1.807) is 11.3 Å². The third kappa shape index (κ3) is 4.95. The van der Waals surface area contributed by atoms with Gasteiger partial charge in [-0.25, -0.2) is 0 Å². The van der Waals surface area contributed by atoms with Gasteiger partial charge in [-0.15, -0.1) is 10.2 Å². The number of nitrogens with one attached hydrogen (secondary N) is 1. The van der Waals surface area contributed by atoms with Crippen molar-refractivity contribution in [3.8, 4) is 0 Å². The lowest BCUT2D eigenvalue weighted by Crippen LogP contribution is -2.32. The summed E-state index contributed by atoms with van der Waals surface area (Å²) < 4.78 is 5.14. The number of esters is 1. The van der Waals surface area contributed by atoms with E-state index in [-0.39, 0.29) is 11.9 Å². The molecule has 5 nitrogen and oxygen atoms in total. The highest BCUT2D eigenvalue weighted by atomic mass is 32.1. The van der Waals surface area contributed by atoms with Gasteiger partial charge in [-0.05, 0) is 32.1 Å². The van der Waals surface area contributed by atoms with Gasteiger partial charge in [0, 0.05) is 12.5 Å². The number of aromatic nitrogens is 2. The van der Waals surface area contributed by atoms with Crippen LogP contribution in [0.2, 0.25) is 0 Å². The van der Waals surface area contributed by atoms with E-state index < -0.39 is 0 Å². The van der Waals surface area contributed by atoms with E-state index in [4.69, 9.17) is 4.74 Å². The van der Waals surface area contributed by atoms with Crippen LogP contribution in [0.25, 0.3) is 0 Å². The number of hydrogen-bond acceptors (Lipinski definition) is 6. The molecule has 2 rings (SSSR count). The molecule has 1 aromatic heterocycles. The van der Waals surface area contributed by atoms with Gasteiger partial charge in [0.2, 0.25) is 5.13 Å². The lowest BCUT2D eigenvalue weighted by molar-refractivity contribution is -0.149. The predicted molar refractivity (Wildman–Crippen MR) is 84.5 cm³/mol. The fourth-order valence-electron chi connectivity index (χ4n) is 2.71. The molecule has 1 saturated carbocycles. The highest BCUT2D eigenvalue weighted by Gasteiger charge is 2.28. The van der Waals surface area contributed by atoms with Crippen LogP contribution in [0.3, 0.4) is 0 Å². The van der Waals surface area contributed by atoms with E-state index in [0.717, 1.165) is 42.2 Å². The number of nitrogens with zero attached hydrogens (tertiary/aromatic N) is 2. The first-order valence-corrected chi connectivity index (χ1v) is 8.65. The Balaban J connectivity index is 1.87. The highest BCUT2D eigenvalue weighted by Crippen LogP contribution is 2.29. The Morgan fingerprint density at radius 1 is 1.43 bits per heavy atom. The van der Waals surface area contributed by atoms with Gasteiger partial charge in [-0.2, -0.15) is 0 Å². The van der Waals surface area contributed by atoms with Gasteiger partial charge in [-0.3, -0.25) is 4.79 Å². The average Bonchev–Trinajstić information content (AvgIpc) is 2.85. The Hall–Kier alpha value is -1.17. The van der Waals surface area contributed by atoms with Crippen molar-refractivity contribution >= 4 is 22.4 Å². The summed E-state index contributed by atoms with van der Waals surface area (Å²) in [5, 5.41) is 13.8. The summed E-state index contributed by atoms with van der Waals surface area (Å²) in [7, 11) is 0. The number of carbonyl (C=O) groups excluding carboxylic acids is 1. The molecule has 0 spiro atoms. The van der Waals surface area contributed by atoms with Gasteiger partial charge in [0.05, 0.1) is 12.5 Å². The van der Waals surface area contributed by atoms with Gasteiger partial charge in [0.25, 0.3) is 0 Å². The van der Waals surface area contributed by atoms with Crippen LogP contribution >= 0.6 is 11.3 Å². The van der Waals surface area contributed by atoms with Crippen LogP contribution in [-0.2, 0) is 16.0 Å². The summed E-state index contributed by atoms with van der Waals surface area (Å²) in [5.41, 5.74) is 0. The van der Waals surface area contributed by atoms with E-state index in [1.165, 1.54) is 0 Å². The SMILES string of the molecule is CCOC(=O)C1CCCC(Nc2nnc(CC(C)C)s2)C1. The second-order valence-corrected chi connectivity index (χ2v) is 7.12. The fourth-order valence-corrected chi connectivity index (χ4v) is 3.74. The normalized spacial score (nSPS) is 22.3. The average molecular weight is 311 g/mol. The smallest absolute Gasteiger partial charge is 0.308 e. The Morgan fingerprint density at radius 2 is 2.24 bits per heavy atom. The highest BCUT2D eigenvalue weighted by molar-refractivity contribution is 7.15. The summed E-state index contributed by atoms with van der Waals surface area (Å²) in [6, 6.07) is 0.299. The molecule has 1 aliphatic rings. The van der Waals surface area contributed by atoms with Crippen LogP contribution in [0.5, 0.6) is 0 Å². The van der Waals surface area contributed by atoms with Crippen molar-refractivity contribution in [2.75, 3.05) is 11.9 Å². The van der Waals surface area contributed by atoms with Gasteiger partial charge in [0.1, 0.15) is 5.01 Å². The summed E-state index contributed by atoms with van der Waals surface area (Å²) in [5.74, 6) is 0.565. The number of rotatable bonds is 6. The molecule has 0 aromatic carbocycles. The zero-order valence-corrected chi connectivity index (χ0v) is 13.9. The first-order chi connectivity index (χ1) is 10.1. The number of carbonyl (C=O) groups is 1. The minimum absolute atomic E-state index is 0.0271. The number of ether oxygens (including phenoxy) is 1. The third-order valence-corrected chi connectivity index (χ3v) is 4.55. The van der Waals surface area contributed by atoms with Crippen molar-refractivity contribution in [1.29, 1.82) is 0 Å². The molecule has 0 radical (unpaired) electrons. The Bertz CT molecular complexity index is 462. The van der Waals surface area contributed by atoms with E-state index in [1.807, 2.05) is 6.92 Å². The topological polar surface area (TPSA) is 64.1 Å². The van der Waals surface area contributed by atoms with Crippen molar-refractivity contribution in [3.05, 3.63) is 5.01 Å². The molecule has 21 heavy (non-hydrogen) atoms. The quantitative estimate of drug-likeness (QED) is 0.817. The van der Waals surface area contributed by atoms with Gasteiger partial charge >= 0.3 is 5.97 Å². The molecule has 1 N–H and O–H groups in total. The Labute approximate surface area is 130 Å². The summed E-state index contributed by atoms with van der Waals surface area (Å²) in [4.78, 5) is 11.8. The van der Waals surface area contributed by atoms with Gasteiger partial charge in [0.15, 0.2) is 0 Å².